The molecule has 2 nitrogen and oxygen atoms in total. The molecule has 1 aromatic rings. The molecular weight excluding hydrogens is 220 g/mol. The van der Waals surface area contributed by atoms with Gasteiger partial charge in [0.1, 0.15) is 0 Å². The third-order valence-corrected chi connectivity index (χ3v) is 4.69. The van der Waals surface area contributed by atoms with Crippen LogP contribution < -0.4 is 10.6 Å². The molecule has 0 aromatic heterocycles. The highest BCUT2D eigenvalue weighted by molar-refractivity contribution is 5.54. The summed E-state index contributed by atoms with van der Waals surface area (Å²) in [6.07, 6.45) is 6.73. The summed E-state index contributed by atoms with van der Waals surface area (Å²) in [5.41, 5.74) is 3.24. The second-order valence-electron chi connectivity index (χ2n) is 6.15. The van der Waals surface area contributed by atoms with Crippen LogP contribution in [0.15, 0.2) is 24.3 Å². The van der Waals surface area contributed by atoms with Gasteiger partial charge in [0.2, 0.25) is 0 Å². The van der Waals surface area contributed by atoms with Crippen LogP contribution in [0.5, 0.6) is 0 Å². The van der Waals surface area contributed by atoms with Crippen LogP contribution in [-0.4, -0.2) is 18.6 Å². The molecule has 1 heterocycles. The first-order chi connectivity index (χ1) is 8.77. The van der Waals surface area contributed by atoms with Crippen LogP contribution in [0, 0.1) is 0 Å². The Bertz CT molecular complexity index is 407. The molecule has 1 aliphatic heterocycles. The number of hydrogen-bond acceptors (Lipinski definition) is 2. The minimum atomic E-state index is 0.403. The van der Waals surface area contributed by atoms with Crippen LogP contribution in [0.4, 0.5) is 5.69 Å². The summed E-state index contributed by atoms with van der Waals surface area (Å²) in [5.74, 6) is 0.680. The predicted octanol–water partition coefficient (Wildman–Crippen LogP) is 3.51. The zero-order chi connectivity index (χ0) is 12.4. The standard InChI is InChI=1S/C16H24N2/c1-16(9-4-5-10-16)18-12-13-8-11-17-15-7-3-2-6-14(13)15/h2-3,6-7,13,17-18H,4-5,8-12H2,1H3. The van der Waals surface area contributed by atoms with Crippen LogP contribution in [0.1, 0.15) is 50.5 Å². The fraction of sp³-hybridized carbons (Fsp3) is 0.625. The quantitative estimate of drug-likeness (QED) is 0.850. The summed E-state index contributed by atoms with van der Waals surface area (Å²) in [4.78, 5) is 0. The summed E-state index contributed by atoms with van der Waals surface area (Å²) in [6, 6.07) is 8.78. The highest BCUT2D eigenvalue weighted by Gasteiger charge is 2.29. The number of hydrogen-bond donors (Lipinski definition) is 2. The maximum Gasteiger partial charge on any atom is 0.0376 e. The average molecular weight is 244 g/mol. The van der Waals surface area contributed by atoms with Gasteiger partial charge in [-0.25, -0.2) is 0 Å². The number of fused-ring (bicyclic) bond motifs is 1. The SMILES string of the molecule is CC1(NCC2CCNc3ccccc32)CCCC1. The average Bonchev–Trinajstić information content (AvgIpc) is 2.84. The molecule has 0 spiro atoms. The molecule has 98 valence electrons. The maximum atomic E-state index is 3.84. The Morgan fingerprint density at radius 2 is 2.06 bits per heavy atom. The lowest BCUT2D eigenvalue weighted by atomic mass is 9.89. The Morgan fingerprint density at radius 3 is 2.89 bits per heavy atom. The van der Waals surface area contributed by atoms with Gasteiger partial charge in [-0.1, -0.05) is 31.0 Å². The molecule has 0 bridgehead atoms. The third kappa shape index (κ3) is 2.39. The number of rotatable bonds is 3. The van der Waals surface area contributed by atoms with Crippen LogP contribution in [0.25, 0.3) is 0 Å². The Kier molecular flexibility index (Phi) is 3.29. The van der Waals surface area contributed by atoms with E-state index >= 15 is 0 Å². The molecule has 0 amide bonds. The molecule has 1 aliphatic carbocycles. The molecule has 1 atom stereocenters. The molecule has 1 aromatic carbocycles. The molecule has 1 fully saturated rings. The summed E-state index contributed by atoms with van der Waals surface area (Å²) < 4.78 is 0. The topological polar surface area (TPSA) is 24.1 Å². The fourth-order valence-electron chi connectivity index (χ4n) is 3.46. The first kappa shape index (κ1) is 12.0. The molecule has 0 radical (unpaired) electrons. The smallest absolute Gasteiger partial charge is 0.0376 e. The highest BCUT2D eigenvalue weighted by atomic mass is 15.0. The van der Waals surface area contributed by atoms with E-state index in [4.69, 9.17) is 0 Å². The first-order valence-corrected chi connectivity index (χ1v) is 7.35. The molecular formula is C16H24N2. The minimum absolute atomic E-state index is 0.403. The van der Waals surface area contributed by atoms with E-state index in [0.29, 0.717) is 11.5 Å². The zero-order valence-corrected chi connectivity index (χ0v) is 11.3. The van der Waals surface area contributed by atoms with Gasteiger partial charge in [0.05, 0.1) is 0 Å². The van der Waals surface area contributed by atoms with Gasteiger partial charge in [-0.2, -0.15) is 0 Å². The van der Waals surface area contributed by atoms with Crippen molar-refractivity contribution >= 4 is 5.69 Å². The van der Waals surface area contributed by atoms with E-state index in [1.165, 1.54) is 43.4 Å². The summed E-state index contributed by atoms with van der Waals surface area (Å²) >= 11 is 0. The van der Waals surface area contributed by atoms with Crippen LogP contribution in [0.3, 0.4) is 0 Å². The first-order valence-electron chi connectivity index (χ1n) is 7.35. The van der Waals surface area contributed by atoms with Crippen molar-refractivity contribution in [2.45, 2.75) is 50.5 Å². The van der Waals surface area contributed by atoms with E-state index in [9.17, 15) is 0 Å². The number of benzene rings is 1. The monoisotopic (exact) mass is 244 g/mol. The van der Waals surface area contributed by atoms with Crippen molar-refractivity contribution in [3.05, 3.63) is 29.8 Å². The van der Waals surface area contributed by atoms with E-state index in [1.54, 1.807) is 0 Å². The van der Waals surface area contributed by atoms with E-state index in [1.807, 2.05) is 0 Å². The highest BCUT2D eigenvalue weighted by Crippen LogP contribution is 2.33. The summed E-state index contributed by atoms with van der Waals surface area (Å²) in [5, 5.41) is 7.34. The van der Waals surface area contributed by atoms with E-state index < -0.39 is 0 Å². The molecule has 18 heavy (non-hydrogen) atoms. The van der Waals surface area contributed by atoms with Gasteiger partial charge in [0, 0.05) is 30.2 Å². The van der Waals surface area contributed by atoms with Crippen LogP contribution >= 0.6 is 0 Å². The van der Waals surface area contributed by atoms with Gasteiger partial charge in [0.25, 0.3) is 0 Å². The predicted molar refractivity (Wildman–Crippen MR) is 77.2 cm³/mol. The Balaban J connectivity index is 1.67. The second kappa shape index (κ2) is 4.93. The van der Waals surface area contributed by atoms with Crippen molar-refractivity contribution in [2.75, 3.05) is 18.4 Å². The molecule has 2 heteroatoms. The van der Waals surface area contributed by atoms with Gasteiger partial charge in [0.15, 0.2) is 0 Å². The largest absolute Gasteiger partial charge is 0.385 e. The Morgan fingerprint density at radius 1 is 1.28 bits per heavy atom. The Hall–Kier alpha value is -1.02. The molecule has 1 unspecified atom stereocenters. The molecule has 3 rings (SSSR count). The van der Waals surface area contributed by atoms with Crippen molar-refractivity contribution in [3.8, 4) is 0 Å². The van der Waals surface area contributed by atoms with Gasteiger partial charge >= 0.3 is 0 Å². The zero-order valence-electron chi connectivity index (χ0n) is 11.3. The number of nitrogens with one attached hydrogen (secondary N) is 2. The lowest BCUT2D eigenvalue weighted by molar-refractivity contribution is 0.348. The molecule has 0 saturated heterocycles. The van der Waals surface area contributed by atoms with E-state index in [-0.39, 0.29) is 0 Å². The van der Waals surface area contributed by atoms with Gasteiger partial charge < -0.3 is 10.6 Å². The fourth-order valence-corrected chi connectivity index (χ4v) is 3.46. The van der Waals surface area contributed by atoms with Gasteiger partial charge in [-0.3, -0.25) is 0 Å². The molecule has 2 aliphatic rings. The van der Waals surface area contributed by atoms with Crippen molar-refractivity contribution in [3.63, 3.8) is 0 Å². The van der Waals surface area contributed by atoms with Crippen molar-refractivity contribution in [1.29, 1.82) is 0 Å². The van der Waals surface area contributed by atoms with Crippen LogP contribution in [-0.2, 0) is 0 Å². The number of anilines is 1. The van der Waals surface area contributed by atoms with E-state index in [0.717, 1.165) is 13.1 Å². The van der Waals surface area contributed by atoms with Gasteiger partial charge in [-0.15, -0.1) is 0 Å². The van der Waals surface area contributed by atoms with E-state index in [2.05, 4.69) is 41.8 Å². The van der Waals surface area contributed by atoms with Gasteiger partial charge in [-0.05, 0) is 37.8 Å². The Labute approximate surface area is 110 Å². The van der Waals surface area contributed by atoms with Crippen molar-refractivity contribution < 1.29 is 0 Å². The minimum Gasteiger partial charge on any atom is -0.385 e. The normalized spacial score (nSPS) is 25.5. The van der Waals surface area contributed by atoms with Crippen LogP contribution in [0.2, 0.25) is 0 Å². The maximum absolute atomic E-state index is 3.84. The second-order valence-corrected chi connectivity index (χ2v) is 6.15. The lowest BCUT2D eigenvalue weighted by Gasteiger charge is -2.32. The number of para-hydroxylation sites is 1. The molecule has 1 saturated carbocycles. The molecule has 2 N–H and O–H groups in total. The van der Waals surface area contributed by atoms with Crippen molar-refractivity contribution in [2.24, 2.45) is 0 Å². The third-order valence-electron chi connectivity index (χ3n) is 4.69. The van der Waals surface area contributed by atoms with Crippen molar-refractivity contribution in [1.82, 2.24) is 5.32 Å². The lowest BCUT2D eigenvalue weighted by Crippen LogP contribution is -2.42. The summed E-state index contributed by atoms with van der Waals surface area (Å²) in [6.45, 7) is 4.64. The summed E-state index contributed by atoms with van der Waals surface area (Å²) in [7, 11) is 0.